The van der Waals surface area contributed by atoms with Crippen LogP contribution in [0.3, 0.4) is 0 Å². The van der Waals surface area contributed by atoms with Gasteiger partial charge in [0.25, 0.3) is 0 Å². The van der Waals surface area contributed by atoms with E-state index in [-0.39, 0.29) is 13.4 Å². The summed E-state index contributed by atoms with van der Waals surface area (Å²) in [6.45, 7) is 2.40. The first-order valence-electron chi connectivity index (χ1n) is 6.97. The maximum atomic E-state index is 6.19. The SMILES string of the molecule is Cc1cc2[nH]c(COc3cc4c(cc3Cl)OCO4)nc2cc1Cl. The molecule has 2 heterocycles. The minimum atomic E-state index is 0.193. The fourth-order valence-corrected chi connectivity index (χ4v) is 2.78. The molecule has 0 unspecified atom stereocenters. The molecule has 1 N–H and O–H groups in total. The van der Waals surface area contributed by atoms with E-state index in [1.165, 1.54) is 0 Å². The van der Waals surface area contributed by atoms with Gasteiger partial charge in [-0.3, -0.25) is 0 Å². The molecule has 0 bridgehead atoms. The molecule has 2 aromatic carbocycles. The summed E-state index contributed by atoms with van der Waals surface area (Å²) >= 11 is 12.3. The lowest BCUT2D eigenvalue weighted by Crippen LogP contribution is -1.98. The van der Waals surface area contributed by atoms with Crippen LogP contribution >= 0.6 is 23.2 Å². The maximum absolute atomic E-state index is 6.19. The highest BCUT2D eigenvalue weighted by Gasteiger charge is 2.17. The van der Waals surface area contributed by atoms with Gasteiger partial charge < -0.3 is 19.2 Å². The normalized spacial score (nSPS) is 12.8. The lowest BCUT2D eigenvalue weighted by atomic mass is 10.2. The first-order chi connectivity index (χ1) is 11.1. The van der Waals surface area contributed by atoms with Gasteiger partial charge >= 0.3 is 0 Å². The molecular weight excluding hydrogens is 339 g/mol. The zero-order valence-corrected chi connectivity index (χ0v) is 13.7. The van der Waals surface area contributed by atoms with E-state index in [1.807, 2.05) is 19.1 Å². The van der Waals surface area contributed by atoms with Crippen LogP contribution in [-0.2, 0) is 6.61 Å². The standard InChI is InChI=1S/C16H12Cl2N2O3/c1-8-2-11-12(3-9(8)17)20-16(19-11)6-21-13-5-15-14(4-10(13)18)22-7-23-15/h2-5H,6-7H2,1H3,(H,19,20). The number of nitrogens with one attached hydrogen (secondary N) is 1. The summed E-state index contributed by atoms with van der Waals surface area (Å²) in [6, 6.07) is 7.19. The second-order valence-corrected chi connectivity index (χ2v) is 6.04. The summed E-state index contributed by atoms with van der Waals surface area (Å²) in [6.07, 6.45) is 0. The Kier molecular flexibility index (Phi) is 3.47. The number of benzene rings is 2. The molecule has 1 aliphatic heterocycles. The number of hydrogen-bond acceptors (Lipinski definition) is 4. The predicted octanol–water partition coefficient (Wildman–Crippen LogP) is 4.49. The van der Waals surface area contributed by atoms with E-state index in [0.29, 0.717) is 33.1 Å². The van der Waals surface area contributed by atoms with Gasteiger partial charge in [0.15, 0.2) is 11.5 Å². The number of H-pyrrole nitrogens is 1. The molecule has 0 saturated carbocycles. The van der Waals surface area contributed by atoms with Gasteiger partial charge in [0, 0.05) is 17.2 Å². The van der Waals surface area contributed by atoms with Crippen LogP contribution < -0.4 is 14.2 Å². The second kappa shape index (κ2) is 5.51. The summed E-state index contributed by atoms with van der Waals surface area (Å²) in [4.78, 5) is 7.68. The second-order valence-electron chi connectivity index (χ2n) is 5.23. The monoisotopic (exact) mass is 350 g/mol. The van der Waals surface area contributed by atoms with Gasteiger partial charge in [-0.15, -0.1) is 0 Å². The molecular formula is C16H12Cl2N2O3. The van der Waals surface area contributed by atoms with Crippen LogP contribution in [0, 0.1) is 6.92 Å². The lowest BCUT2D eigenvalue weighted by molar-refractivity contribution is 0.173. The van der Waals surface area contributed by atoms with E-state index >= 15 is 0 Å². The Morgan fingerprint density at radius 1 is 1.13 bits per heavy atom. The molecule has 0 atom stereocenters. The zero-order chi connectivity index (χ0) is 16.0. The van der Waals surface area contributed by atoms with Crippen molar-refractivity contribution in [1.82, 2.24) is 9.97 Å². The van der Waals surface area contributed by atoms with Crippen LogP contribution in [0.1, 0.15) is 11.4 Å². The number of rotatable bonds is 3. The van der Waals surface area contributed by atoms with Crippen molar-refractivity contribution in [1.29, 1.82) is 0 Å². The van der Waals surface area contributed by atoms with E-state index in [0.717, 1.165) is 16.6 Å². The summed E-state index contributed by atoms with van der Waals surface area (Å²) in [5.74, 6) is 2.45. The molecule has 0 spiro atoms. The van der Waals surface area contributed by atoms with E-state index < -0.39 is 0 Å². The number of halogens is 2. The van der Waals surface area contributed by atoms with Crippen molar-refractivity contribution in [2.24, 2.45) is 0 Å². The molecule has 5 nitrogen and oxygen atoms in total. The molecule has 1 aromatic heterocycles. The summed E-state index contributed by atoms with van der Waals surface area (Å²) in [5.41, 5.74) is 2.72. The molecule has 23 heavy (non-hydrogen) atoms. The third-order valence-corrected chi connectivity index (χ3v) is 4.31. The Labute approximate surface area is 142 Å². The van der Waals surface area contributed by atoms with Crippen LogP contribution in [0.25, 0.3) is 11.0 Å². The average molecular weight is 351 g/mol. The third-order valence-electron chi connectivity index (χ3n) is 3.60. The first kappa shape index (κ1) is 14.5. The van der Waals surface area contributed by atoms with E-state index in [9.17, 15) is 0 Å². The van der Waals surface area contributed by atoms with Crippen molar-refractivity contribution in [2.45, 2.75) is 13.5 Å². The molecule has 3 aromatic rings. The van der Waals surface area contributed by atoms with Gasteiger partial charge in [-0.2, -0.15) is 0 Å². The van der Waals surface area contributed by atoms with Crippen molar-refractivity contribution in [2.75, 3.05) is 6.79 Å². The number of nitrogens with zero attached hydrogens (tertiary/aromatic N) is 1. The highest BCUT2D eigenvalue weighted by molar-refractivity contribution is 6.32. The fraction of sp³-hybridized carbons (Fsp3) is 0.188. The van der Waals surface area contributed by atoms with Crippen LogP contribution in [0.2, 0.25) is 10.0 Å². The molecule has 0 radical (unpaired) electrons. The highest BCUT2D eigenvalue weighted by atomic mass is 35.5. The Morgan fingerprint density at radius 3 is 2.74 bits per heavy atom. The number of imidazole rings is 1. The van der Waals surface area contributed by atoms with Gasteiger partial charge in [0.2, 0.25) is 6.79 Å². The van der Waals surface area contributed by atoms with Gasteiger partial charge in [0.1, 0.15) is 18.2 Å². The van der Waals surface area contributed by atoms with E-state index in [4.69, 9.17) is 37.4 Å². The molecule has 0 aliphatic carbocycles. The number of fused-ring (bicyclic) bond motifs is 2. The third kappa shape index (κ3) is 2.66. The predicted molar refractivity (Wildman–Crippen MR) is 87.7 cm³/mol. The molecule has 1 aliphatic rings. The van der Waals surface area contributed by atoms with Crippen molar-refractivity contribution in [3.8, 4) is 17.2 Å². The maximum Gasteiger partial charge on any atom is 0.231 e. The molecule has 7 heteroatoms. The zero-order valence-electron chi connectivity index (χ0n) is 12.2. The summed E-state index contributed by atoms with van der Waals surface area (Å²) in [7, 11) is 0. The van der Waals surface area contributed by atoms with Gasteiger partial charge in [0.05, 0.1) is 16.1 Å². The number of aromatic nitrogens is 2. The topological polar surface area (TPSA) is 56.4 Å². The Bertz CT molecular complexity index is 869. The average Bonchev–Trinajstić information content (AvgIpc) is 3.11. The molecule has 0 saturated heterocycles. The first-order valence-corrected chi connectivity index (χ1v) is 7.72. The van der Waals surface area contributed by atoms with Gasteiger partial charge in [-0.05, 0) is 24.6 Å². The lowest BCUT2D eigenvalue weighted by Gasteiger charge is -2.07. The molecule has 0 amide bonds. The summed E-state index contributed by atoms with van der Waals surface area (Å²) < 4.78 is 16.3. The number of aromatic amines is 1. The Balaban J connectivity index is 1.57. The van der Waals surface area contributed by atoms with Gasteiger partial charge in [-0.1, -0.05) is 23.2 Å². The quantitative estimate of drug-likeness (QED) is 0.756. The highest BCUT2D eigenvalue weighted by Crippen LogP contribution is 2.40. The summed E-state index contributed by atoms with van der Waals surface area (Å²) in [5, 5.41) is 1.15. The molecule has 0 fully saturated rings. The van der Waals surface area contributed by atoms with Crippen molar-refractivity contribution >= 4 is 34.2 Å². The Morgan fingerprint density at radius 2 is 1.91 bits per heavy atom. The van der Waals surface area contributed by atoms with Gasteiger partial charge in [-0.25, -0.2) is 4.98 Å². The van der Waals surface area contributed by atoms with Crippen molar-refractivity contribution in [3.63, 3.8) is 0 Å². The molecule has 118 valence electrons. The van der Waals surface area contributed by atoms with E-state index in [1.54, 1.807) is 12.1 Å². The minimum absolute atomic E-state index is 0.193. The molecule has 4 rings (SSSR count). The van der Waals surface area contributed by atoms with Crippen LogP contribution in [0.15, 0.2) is 24.3 Å². The number of ether oxygens (including phenoxy) is 3. The van der Waals surface area contributed by atoms with E-state index in [2.05, 4.69) is 9.97 Å². The van der Waals surface area contributed by atoms with Crippen molar-refractivity contribution in [3.05, 3.63) is 45.7 Å². The number of hydrogen-bond donors (Lipinski definition) is 1. The minimum Gasteiger partial charge on any atom is -0.484 e. The fourth-order valence-electron chi connectivity index (χ4n) is 2.42. The number of aryl methyl sites for hydroxylation is 1. The van der Waals surface area contributed by atoms with Crippen molar-refractivity contribution < 1.29 is 14.2 Å². The van der Waals surface area contributed by atoms with Crippen LogP contribution in [0.5, 0.6) is 17.2 Å². The Hall–Kier alpha value is -2.11. The van der Waals surface area contributed by atoms with Crippen LogP contribution in [-0.4, -0.2) is 16.8 Å². The van der Waals surface area contributed by atoms with Crippen LogP contribution in [0.4, 0.5) is 0 Å². The smallest absolute Gasteiger partial charge is 0.231 e. The largest absolute Gasteiger partial charge is 0.484 e.